The van der Waals surface area contributed by atoms with Crippen LogP contribution in [-0.2, 0) is 4.79 Å². The Balaban J connectivity index is 3.13. The van der Waals surface area contributed by atoms with E-state index in [-0.39, 0.29) is 18.2 Å². The molecule has 0 aliphatic heterocycles. The maximum Gasteiger partial charge on any atom is 0.221 e. The van der Waals surface area contributed by atoms with Crippen LogP contribution in [0.25, 0.3) is 0 Å². The molecule has 1 aromatic rings. The lowest BCUT2D eigenvalue weighted by molar-refractivity contribution is -0.114. The molecular weight excluding hydrogens is 260 g/mol. The van der Waals surface area contributed by atoms with Crippen molar-refractivity contribution in [3.8, 4) is 0 Å². The fourth-order valence-electron chi connectivity index (χ4n) is 1.16. The Morgan fingerprint density at radius 1 is 1.47 bits per heavy atom. The van der Waals surface area contributed by atoms with Gasteiger partial charge in [0.2, 0.25) is 5.91 Å². The van der Waals surface area contributed by atoms with E-state index in [0.717, 1.165) is 4.47 Å². The highest BCUT2D eigenvalue weighted by atomic mass is 79.9. The maximum absolute atomic E-state index is 11.4. The van der Waals surface area contributed by atoms with Crippen LogP contribution in [0.5, 0.6) is 0 Å². The van der Waals surface area contributed by atoms with Crippen LogP contribution in [-0.4, -0.2) is 18.2 Å². The molecule has 0 heterocycles. The van der Waals surface area contributed by atoms with E-state index in [9.17, 15) is 9.59 Å². The first-order valence-corrected chi connectivity index (χ1v) is 5.14. The summed E-state index contributed by atoms with van der Waals surface area (Å²) < 4.78 is 0.792. The van der Waals surface area contributed by atoms with Crippen molar-refractivity contribution in [3.63, 3.8) is 0 Å². The van der Waals surface area contributed by atoms with Gasteiger partial charge in [-0.3, -0.25) is 9.59 Å². The maximum atomic E-state index is 11.4. The van der Waals surface area contributed by atoms with Crippen molar-refractivity contribution in [2.24, 2.45) is 5.73 Å². The third-order valence-electron chi connectivity index (χ3n) is 1.78. The Bertz CT molecular complexity index is 404. The monoisotopic (exact) mass is 270 g/mol. The van der Waals surface area contributed by atoms with Gasteiger partial charge < -0.3 is 11.1 Å². The Kier molecular flexibility index (Phi) is 3.99. The summed E-state index contributed by atoms with van der Waals surface area (Å²) in [6.45, 7) is 1.31. The number of Topliss-reactive ketones (excluding diaryl/α,β-unsaturated/α-hetero) is 1. The lowest BCUT2D eigenvalue weighted by Gasteiger charge is -2.08. The van der Waals surface area contributed by atoms with Crippen molar-refractivity contribution >= 4 is 33.3 Å². The first-order chi connectivity index (χ1) is 7.04. The fourth-order valence-corrected chi connectivity index (χ4v) is 1.52. The number of ketones is 1. The molecule has 80 valence electrons. The largest absolute Gasteiger partial charge is 0.326 e. The van der Waals surface area contributed by atoms with Crippen molar-refractivity contribution in [2.45, 2.75) is 6.92 Å². The molecular formula is C10H11BrN2O2. The van der Waals surface area contributed by atoms with E-state index in [0.29, 0.717) is 11.3 Å². The van der Waals surface area contributed by atoms with Crippen LogP contribution in [0.3, 0.4) is 0 Å². The zero-order valence-corrected chi connectivity index (χ0v) is 9.80. The van der Waals surface area contributed by atoms with Gasteiger partial charge in [0.15, 0.2) is 5.78 Å². The van der Waals surface area contributed by atoms with Crippen molar-refractivity contribution < 1.29 is 9.59 Å². The summed E-state index contributed by atoms with van der Waals surface area (Å²) in [7, 11) is 0. The van der Waals surface area contributed by atoms with Gasteiger partial charge in [-0.05, 0) is 18.2 Å². The van der Waals surface area contributed by atoms with E-state index in [1.165, 1.54) is 6.92 Å². The van der Waals surface area contributed by atoms with Gasteiger partial charge >= 0.3 is 0 Å². The van der Waals surface area contributed by atoms with Gasteiger partial charge in [0, 0.05) is 17.0 Å². The minimum Gasteiger partial charge on any atom is -0.326 e. The van der Waals surface area contributed by atoms with Crippen LogP contribution in [0.2, 0.25) is 0 Å². The van der Waals surface area contributed by atoms with Crippen LogP contribution in [0, 0.1) is 0 Å². The number of anilines is 1. The number of carbonyl (C=O) groups excluding carboxylic acids is 2. The van der Waals surface area contributed by atoms with E-state index >= 15 is 0 Å². The summed E-state index contributed by atoms with van der Waals surface area (Å²) in [5.74, 6) is -0.426. The van der Waals surface area contributed by atoms with Gasteiger partial charge in [0.05, 0.1) is 12.2 Å². The predicted octanol–water partition coefficient (Wildman–Crippen LogP) is 1.55. The van der Waals surface area contributed by atoms with E-state index < -0.39 is 0 Å². The molecule has 1 rings (SSSR count). The molecule has 0 aromatic heterocycles. The first-order valence-electron chi connectivity index (χ1n) is 4.35. The second-order valence-electron chi connectivity index (χ2n) is 3.00. The number of benzene rings is 1. The summed E-state index contributed by atoms with van der Waals surface area (Å²) in [6.07, 6.45) is 0. The van der Waals surface area contributed by atoms with Crippen LogP contribution < -0.4 is 11.1 Å². The van der Waals surface area contributed by atoms with E-state index in [1.807, 2.05) is 0 Å². The van der Waals surface area contributed by atoms with Crippen LogP contribution in [0.4, 0.5) is 5.69 Å². The second-order valence-corrected chi connectivity index (χ2v) is 3.91. The number of hydrogen-bond donors (Lipinski definition) is 2. The van der Waals surface area contributed by atoms with Crippen molar-refractivity contribution in [2.75, 3.05) is 11.9 Å². The highest BCUT2D eigenvalue weighted by Crippen LogP contribution is 2.21. The zero-order chi connectivity index (χ0) is 11.4. The number of carbonyl (C=O) groups is 2. The Hall–Kier alpha value is -1.20. The molecule has 1 amide bonds. The number of nitrogens with one attached hydrogen (secondary N) is 1. The molecule has 0 unspecified atom stereocenters. The number of hydrogen-bond acceptors (Lipinski definition) is 3. The third kappa shape index (κ3) is 3.14. The average molecular weight is 271 g/mol. The highest BCUT2D eigenvalue weighted by Gasteiger charge is 2.10. The Labute approximate surface area is 96.0 Å². The first kappa shape index (κ1) is 11.9. The van der Waals surface area contributed by atoms with E-state index in [1.54, 1.807) is 18.2 Å². The lowest BCUT2D eigenvalue weighted by Crippen LogP contribution is -2.17. The standard InChI is InChI=1S/C10H11BrN2O2/c1-6(14)13-9-4-7(11)2-3-8(9)10(15)5-12/h2-4H,5,12H2,1H3,(H,13,14). The SMILES string of the molecule is CC(=O)Nc1cc(Br)ccc1C(=O)CN. The smallest absolute Gasteiger partial charge is 0.221 e. The third-order valence-corrected chi connectivity index (χ3v) is 2.27. The van der Waals surface area contributed by atoms with Gasteiger partial charge in [0.25, 0.3) is 0 Å². The topological polar surface area (TPSA) is 72.2 Å². The van der Waals surface area contributed by atoms with E-state index in [4.69, 9.17) is 5.73 Å². The molecule has 1 aromatic carbocycles. The summed E-state index contributed by atoms with van der Waals surface area (Å²) in [5, 5.41) is 2.58. The van der Waals surface area contributed by atoms with Crippen molar-refractivity contribution in [3.05, 3.63) is 28.2 Å². The molecule has 0 bridgehead atoms. The fraction of sp³-hybridized carbons (Fsp3) is 0.200. The minimum absolute atomic E-state index is 0.0752. The molecule has 4 nitrogen and oxygen atoms in total. The molecule has 3 N–H and O–H groups in total. The quantitative estimate of drug-likeness (QED) is 0.819. The molecule has 0 spiro atoms. The van der Waals surface area contributed by atoms with Crippen molar-refractivity contribution in [1.82, 2.24) is 0 Å². The molecule has 0 saturated carbocycles. The number of halogens is 1. The number of nitrogens with two attached hydrogens (primary N) is 1. The molecule has 5 heteroatoms. The van der Waals surface area contributed by atoms with E-state index in [2.05, 4.69) is 21.2 Å². The summed E-state index contributed by atoms with van der Waals surface area (Å²) in [5.41, 5.74) is 6.17. The van der Waals surface area contributed by atoms with Gasteiger partial charge in [-0.1, -0.05) is 15.9 Å². The summed E-state index contributed by atoms with van der Waals surface area (Å²) in [6, 6.07) is 5.03. The number of amides is 1. The van der Waals surface area contributed by atoms with Gasteiger partial charge in [-0.2, -0.15) is 0 Å². The minimum atomic E-state index is -0.223. The second kappa shape index (κ2) is 5.04. The Morgan fingerprint density at radius 2 is 2.13 bits per heavy atom. The van der Waals surface area contributed by atoms with Crippen LogP contribution in [0.1, 0.15) is 17.3 Å². The number of rotatable bonds is 3. The molecule has 0 atom stereocenters. The normalized spacial score (nSPS) is 9.80. The predicted molar refractivity (Wildman–Crippen MR) is 61.8 cm³/mol. The average Bonchev–Trinajstić information content (AvgIpc) is 2.16. The van der Waals surface area contributed by atoms with Crippen LogP contribution in [0.15, 0.2) is 22.7 Å². The molecule has 15 heavy (non-hydrogen) atoms. The van der Waals surface area contributed by atoms with Crippen molar-refractivity contribution in [1.29, 1.82) is 0 Å². The highest BCUT2D eigenvalue weighted by molar-refractivity contribution is 9.10. The molecule has 0 aliphatic carbocycles. The summed E-state index contributed by atoms with van der Waals surface area (Å²) in [4.78, 5) is 22.4. The Morgan fingerprint density at radius 3 is 2.67 bits per heavy atom. The summed E-state index contributed by atoms with van der Waals surface area (Å²) >= 11 is 3.26. The molecule has 0 radical (unpaired) electrons. The molecule has 0 fully saturated rings. The molecule has 0 aliphatic rings. The zero-order valence-electron chi connectivity index (χ0n) is 8.21. The van der Waals surface area contributed by atoms with Gasteiger partial charge in [0.1, 0.15) is 0 Å². The van der Waals surface area contributed by atoms with Gasteiger partial charge in [-0.15, -0.1) is 0 Å². The molecule has 0 saturated heterocycles. The van der Waals surface area contributed by atoms with Crippen LogP contribution >= 0.6 is 15.9 Å². The van der Waals surface area contributed by atoms with Gasteiger partial charge in [-0.25, -0.2) is 0 Å². The lowest BCUT2D eigenvalue weighted by atomic mass is 10.1.